The van der Waals surface area contributed by atoms with Crippen LogP contribution in [0.4, 0.5) is 4.79 Å². The lowest BCUT2D eigenvalue weighted by Gasteiger charge is -2.04. The van der Waals surface area contributed by atoms with Gasteiger partial charge in [-0.3, -0.25) is 10.1 Å². The summed E-state index contributed by atoms with van der Waals surface area (Å²) >= 11 is 1.13. The predicted octanol–water partition coefficient (Wildman–Crippen LogP) is 0.234. The molecule has 0 unspecified atom stereocenters. The highest BCUT2D eigenvalue weighted by atomic mass is 32.2. The van der Waals surface area contributed by atoms with Crippen molar-refractivity contribution in [2.75, 3.05) is 18.2 Å². The van der Waals surface area contributed by atoms with Crippen molar-refractivity contribution in [3.63, 3.8) is 0 Å². The van der Waals surface area contributed by atoms with Crippen molar-refractivity contribution in [2.24, 2.45) is 0 Å². The SMILES string of the molecule is CCOC(=O)NC(=O)CSc1nnc(C2CC2)n1N. The Morgan fingerprint density at radius 1 is 1.53 bits per heavy atom. The van der Waals surface area contributed by atoms with Crippen molar-refractivity contribution in [3.05, 3.63) is 5.82 Å². The number of aromatic nitrogens is 3. The lowest BCUT2D eigenvalue weighted by molar-refractivity contribution is -0.117. The van der Waals surface area contributed by atoms with Gasteiger partial charge in [0.25, 0.3) is 0 Å². The van der Waals surface area contributed by atoms with Crippen molar-refractivity contribution in [2.45, 2.75) is 30.8 Å². The highest BCUT2D eigenvalue weighted by Crippen LogP contribution is 2.39. The fourth-order valence-electron chi connectivity index (χ4n) is 1.45. The van der Waals surface area contributed by atoms with Gasteiger partial charge in [-0.1, -0.05) is 11.8 Å². The summed E-state index contributed by atoms with van der Waals surface area (Å²) in [5.41, 5.74) is 0. The number of hydrogen-bond acceptors (Lipinski definition) is 7. The quantitative estimate of drug-likeness (QED) is 0.588. The smallest absolute Gasteiger partial charge is 0.413 e. The van der Waals surface area contributed by atoms with Gasteiger partial charge in [-0.2, -0.15) is 0 Å². The van der Waals surface area contributed by atoms with Crippen molar-refractivity contribution in [1.82, 2.24) is 20.2 Å². The minimum absolute atomic E-state index is 0.0266. The van der Waals surface area contributed by atoms with Crippen LogP contribution >= 0.6 is 11.8 Å². The summed E-state index contributed by atoms with van der Waals surface area (Å²) in [6.07, 6.45) is 1.40. The highest BCUT2D eigenvalue weighted by Gasteiger charge is 2.30. The second-order valence-corrected chi connectivity index (χ2v) is 4.98. The predicted molar refractivity (Wildman–Crippen MR) is 68.0 cm³/mol. The van der Waals surface area contributed by atoms with E-state index in [2.05, 4.69) is 20.3 Å². The Labute approximate surface area is 114 Å². The number of thioether (sulfide) groups is 1. The van der Waals surface area contributed by atoms with Crippen LogP contribution in [0.3, 0.4) is 0 Å². The van der Waals surface area contributed by atoms with Crippen LogP contribution in [0, 0.1) is 0 Å². The Balaban J connectivity index is 1.81. The molecule has 2 rings (SSSR count). The van der Waals surface area contributed by atoms with Gasteiger partial charge in [-0.25, -0.2) is 9.47 Å². The van der Waals surface area contributed by atoms with Gasteiger partial charge in [0.15, 0.2) is 5.82 Å². The second kappa shape index (κ2) is 5.91. The van der Waals surface area contributed by atoms with Crippen molar-refractivity contribution in [3.8, 4) is 0 Å². The van der Waals surface area contributed by atoms with Gasteiger partial charge in [0.1, 0.15) is 0 Å². The van der Waals surface area contributed by atoms with Gasteiger partial charge in [0.2, 0.25) is 11.1 Å². The van der Waals surface area contributed by atoms with Gasteiger partial charge < -0.3 is 10.6 Å². The van der Waals surface area contributed by atoms with Crippen molar-refractivity contribution >= 4 is 23.8 Å². The average molecular weight is 285 g/mol. The first kappa shape index (κ1) is 13.7. The number of amides is 2. The van der Waals surface area contributed by atoms with Crippen LogP contribution in [-0.4, -0.2) is 39.2 Å². The maximum atomic E-state index is 11.4. The Kier molecular flexibility index (Phi) is 4.25. The van der Waals surface area contributed by atoms with Crippen LogP contribution in [0.1, 0.15) is 31.5 Å². The first-order valence-electron chi connectivity index (χ1n) is 5.91. The molecule has 9 heteroatoms. The molecule has 1 fully saturated rings. The summed E-state index contributed by atoms with van der Waals surface area (Å²) in [5.74, 6) is 6.53. The van der Waals surface area contributed by atoms with Crippen molar-refractivity contribution < 1.29 is 14.3 Å². The number of nitrogen functional groups attached to an aromatic ring is 1. The third-order valence-corrected chi connectivity index (χ3v) is 3.43. The number of carbonyl (C=O) groups is 2. The topological polar surface area (TPSA) is 112 Å². The zero-order valence-corrected chi connectivity index (χ0v) is 11.3. The van der Waals surface area contributed by atoms with Crippen LogP contribution in [0.5, 0.6) is 0 Å². The van der Waals surface area contributed by atoms with E-state index >= 15 is 0 Å². The molecule has 2 amide bonds. The van der Waals surface area contributed by atoms with E-state index in [4.69, 9.17) is 5.84 Å². The molecule has 8 nitrogen and oxygen atoms in total. The minimum atomic E-state index is -0.749. The summed E-state index contributed by atoms with van der Waals surface area (Å²) in [4.78, 5) is 22.4. The van der Waals surface area contributed by atoms with E-state index in [0.29, 0.717) is 11.1 Å². The molecule has 19 heavy (non-hydrogen) atoms. The average Bonchev–Trinajstić information content (AvgIpc) is 3.12. The molecular weight excluding hydrogens is 270 g/mol. The summed E-state index contributed by atoms with van der Waals surface area (Å²) in [6, 6.07) is 0. The monoisotopic (exact) mass is 285 g/mol. The number of imide groups is 1. The molecule has 1 aliphatic rings. The number of rotatable bonds is 5. The molecule has 0 radical (unpaired) electrons. The van der Waals surface area contributed by atoms with E-state index in [1.54, 1.807) is 6.92 Å². The van der Waals surface area contributed by atoms with Crippen LogP contribution in [0.2, 0.25) is 0 Å². The Bertz CT molecular complexity index is 486. The molecule has 0 aliphatic heterocycles. The number of alkyl carbamates (subject to hydrolysis) is 1. The van der Waals surface area contributed by atoms with Gasteiger partial charge in [0.05, 0.1) is 12.4 Å². The number of hydrogen-bond donors (Lipinski definition) is 2. The maximum absolute atomic E-state index is 11.4. The first-order valence-corrected chi connectivity index (χ1v) is 6.90. The molecule has 1 aliphatic carbocycles. The molecule has 0 saturated heterocycles. The van der Waals surface area contributed by atoms with Crippen LogP contribution < -0.4 is 11.2 Å². The summed E-state index contributed by atoms with van der Waals surface area (Å²) < 4.78 is 6.00. The van der Waals surface area contributed by atoms with E-state index in [9.17, 15) is 9.59 Å². The number of nitrogens with zero attached hydrogens (tertiary/aromatic N) is 3. The molecule has 1 aromatic heterocycles. The van der Waals surface area contributed by atoms with E-state index in [0.717, 1.165) is 30.4 Å². The van der Waals surface area contributed by atoms with Gasteiger partial charge in [0, 0.05) is 5.92 Å². The molecule has 1 aromatic rings. The standard InChI is InChI=1S/C10H15N5O3S/c1-2-18-10(17)12-7(16)5-19-9-14-13-8(15(9)11)6-3-4-6/h6H,2-5,11H2,1H3,(H,12,16,17). The summed E-state index contributed by atoms with van der Waals surface area (Å²) in [5, 5.41) is 10.5. The van der Waals surface area contributed by atoms with E-state index in [1.165, 1.54) is 4.68 Å². The Hall–Kier alpha value is -1.77. The van der Waals surface area contributed by atoms with E-state index in [-0.39, 0.29) is 12.4 Å². The molecule has 0 spiro atoms. The molecular formula is C10H15N5O3S. The lowest BCUT2D eigenvalue weighted by Crippen LogP contribution is -2.32. The third kappa shape index (κ3) is 3.60. The largest absolute Gasteiger partial charge is 0.450 e. The van der Waals surface area contributed by atoms with Crippen molar-refractivity contribution in [1.29, 1.82) is 0 Å². The fourth-order valence-corrected chi connectivity index (χ4v) is 2.12. The van der Waals surface area contributed by atoms with E-state index < -0.39 is 12.0 Å². The summed E-state index contributed by atoms with van der Waals surface area (Å²) in [6.45, 7) is 1.88. The zero-order chi connectivity index (χ0) is 13.8. The maximum Gasteiger partial charge on any atom is 0.413 e. The van der Waals surface area contributed by atoms with E-state index in [1.807, 2.05) is 0 Å². The number of nitrogens with one attached hydrogen (secondary N) is 1. The lowest BCUT2D eigenvalue weighted by atomic mass is 10.4. The normalized spacial score (nSPS) is 14.2. The van der Waals surface area contributed by atoms with Gasteiger partial charge in [-0.05, 0) is 19.8 Å². The Morgan fingerprint density at radius 3 is 2.89 bits per heavy atom. The molecule has 3 N–H and O–H groups in total. The van der Waals surface area contributed by atoms with Crippen LogP contribution in [0.25, 0.3) is 0 Å². The second-order valence-electron chi connectivity index (χ2n) is 4.04. The first-order chi connectivity index (χ1) is 9.11. The van der Waals surface area contributed by atoms with Gasteiger partial charge >= 0.3 is 6.09 Å². The molecule has 0 aromatic carbocycles. The highest BCUT2D eigenvalue weighted by molar-refractivity contribution is 7.99. The van der Waals surface area contributed by atoms with Gasteiger partial charge in [-0.15, -0.1) is 10.2 Å². The molecule has 104 valence electrons. The Morgan fingerprint density at radius 2 is 2.26 bits per heavy atom. The zero-order valence-electron chi connectivity index (χ0n) is 10.5. The number of carbonyl (C=O) groups excluding carboxylic acids is 2. The molecule has 0 atom stereocenters. The number of nitrogens with two attached hydrogens (primary N) is 1. The minimum Gasteiger partial charge on any atom is -0.450 e. The van der Waals surface area contributed by atoms with Crippen LogP contribution in [-0.2, 0) is 9.53 Å². The molecule has 1 heterocycles. The number of ether oxygens (including phenoxy) is 1. The van der Waals surface area contributed by atoms with Crippen LogP contribution in [0.15, 0.2) is 5.16 Å². The molecule has 1 saturated carbocycles. The summed E-state index contributed by atoms with van der Waals surface area (Å²) in [7, 11) is 0. The molecule has 0 bridgehead atoms. The fraction of sp³-hybridized carbons (Fsp3) is 0.600. The third-order valence-electron chi connectivity index (χ3n) is 2.48.